The van der Waals surface area contributed by atoms with Crippen molar-refractivity contribution in [3.05, 3.63) is 0 Å². The molecular weight excluding hydrogens is 221 g/mol. The van der Waals surface area contributed by atoms with Gasteiger partial charge in [0.25, 0.3) is 5.92 Å². The van der Waals surface area contributed by atoms with Crippen molar-refractivity contribution in [1.82, 2.24) is 4.90 Å². The number of hydrogen-bond acceptors (Lipinski definition) is 2. The van der Waals surface area contributed by atoms with E-state index in [0.29, 0.717) is 4.90 Å². The standard InChI is InChI=1S/C8H12F5NO/c9-7(10)4-14(5-8(11,12)13)2-1-6(7)3-15/h6,15H,1-5H2. The number of rotatable bonds is 2. The maximum atomic E-state index is 13.1. The van der Waals surface area contributed by atoms with Crippen LogP contribution in [0.15, 0.2) is 0 Å². The van der Waals surface area contributed by atoms with E-state index in [1.54, 1.807) is 0 Å². The summed E-state index contributed by atoms with van der Waals surface area (Å²) in [5.74, 6) is -4.46. The first kappa shape index (κ1) is 12.6. The van der Waals surface area contributed by atoms with Gasteiger partial charge < -0.3 is 5.11 Å². The zero-order valence-corrected chi connectivity index (χ0v) is 7.90. The molecule has 15 heavy (non-hydrogen) atoms. The van der Waals surface area contributed by atoms with Gasteiger partial charge in [-0.25, -0.2) is 8.78 Å². The Balaban J connectivity index is 2.54. The highest BCUT2D eigenvalue weighted by Gasteiger charge is 2.46. The van der Waals surface area contributed by atoms with Crippen molar-refractivity contribution in [3.8, 4) is 0 Å². The molecule has 0 radical (unpaired) electrons. The van der Waals surface area contributed by atoms with Crippen LogP contribution < -0.4 is 0 Å². The molecule has 90 valence electrons. The van der Waals surface area contributed by atoms with Gasteiger partial charge in [-0.15, -0.1) is 0 Å². The van der Waals surface area contributed by atoms with Crippen LogP contribution in [-0.4, -0.2) is 48.3 Å². The number of alkyl halides is 5. The molecule has 1 N–H and O–H groups in total. The highest BCUT2D eigenvalue weighted by Crippen LogP contribution is 2.33. The quantitative estimate of drug-likeness (QED) is 0.730. The Hall–Kier alpha value is -0.430. The summed E-state index contributed by atoms with van der Waals surface area (Å²) < 4.78 is 62.1. The van der Waals surface area contributed by atoms with Gasteiger partial charge in [-0.2, -0.15) is 13.2 Å². The fourth-order valence-electron chi connectivity index (χ4n) is 1.67. The van der Waals surface area contributed by atoms with E-state index in [1.165, 1.54) is 0 Å². The number of piperidine rings is 1. The molecular formula is C8H12F5NO. The third-order valence-electron chi connectivity index (χ3n) is 2.45. The van der Waals surface area contributed by atoms with Gasteiger partial charge in [0.1, 0.15) is 0 Å². The lowest BCUT2D eigenvalue weighted by atomic mass is 9.94. The van der Waals surface area contributed by atoms with Crippen molar-refractivity contribution in [3.63, 3.8) is 0 Å². The van der Waals surface area contributed by atoms with E-state index in [4.69, 9.17) is 5.11 Å². The van der Waals surface area contributed by atoms with Crippen molar-refractivity contribution in [2.24, 2.45) is 5.92 Å². The van der Waals surface area contributed by atoms with Crippen molar-refractivity contribution in [2.45, 2.75) is 18.5 Å². The van der Waals surface area contributed by atoms with Crippen LogP contribution >= 0.6 is 0 Å². The minimum atomic E-state index is -4.46. The maximum absolute atomic E-state index is 13.1. The van der Waals surface area contributed by atoms with Crippen LogP contribution in [0.2, 0.25) is 0 Å². The topological polar surface area (TPSA) is 23.5 Å². The normalized spacial score (nSPS) is 28.0. The lowest BCUT2D eigenvalue weighted by Gasteiger charge is -2.37. The molecule has 0 aromatic carbocycles. The summed E-state index contributed by atoms with van der Waals surface area (Å²) >= 11 is 0. The Morgan fingerprint density at radius 2 is 1.93 bits per heavy atom. The second-order valence-corrected chi connectivity index (χ2v) is 3.76. The van der Waals surface area contributed by atoms with Crippen molar-refractivity contribution in [2.75, 3.05) is 26.2 Å². The second-order valence-electron chi connectivity index (χ2n) is 3.76. The summed E-state index contributed by atoms with van der Waals surface area (Å²) in [6.07, 6.45) is -4.57. The smallest absolute Gasteiger partial charge is 0.396 e. The Morgan fingerprint density at radius 1 is 1.33 bits per heavy atom. The molecule has 0 bridgehead atoms. The van der Waals surface area contributed by atoms with E-state index in [-0.39, 0.29) is 13.0 Å². The van der Waals surface area contributed by atoms with E-state index in [1.807, 2.05) is 0 Å². The van der Waals surface area contributed by atoms with E-state index in [2.05, 4.69) is 0 Å². The molecule has 7 heteroatoms. The van der Waals surface area contributed by atoms with Crippen LogP contribution in [0.5, 0.6) is 0 Å². The minimum absolute atomic E-state index is 0.0552. The van der Waals surface area contributed by atoms with Gasteiger partial charge in [0, 0.05) is 5.92 Å². The number of aliphatic hydroxyl groups is 1. The molecule has 1 rings (SSSR count). The number of likely N-dealkylation sites (tertiary alicyclic amines) is 1. The monoisotopic (exact) mass is 233 g/mol. The molecule has 0 aliphatic carbocycles. The number of halogens is 5. The summed E-state index contributed by atoms with van der Waals surface area (Å²) in [6.45, 7) is -2.99. The molecule has 1 saturated heterocycles. The molecule has 1 fully saturated rings. The Bertz CT molecular complexity index is 218. The Kier molecular flexibility index (Phi) is 3.55. The van der Waals surface area contributed by atoms with Crippen LogP contribution in [0.4, 0.5) is 22.0 Å². The maximum Gasteiger partial charge on any atom is 0.401 e. The molecule has 1 heterocycles. The highest BCUT2D eigenvalue weighted by molar-refractivity contribution is 4.86. The first-order valence-corrected chi connectivity index (χ1v) is 4.52. The molecule has 0 aromatic rings. The SMILES string of the molecule is OCC1CCN(CC(F)(F)F)CC1(F)F. The fourth-order valence-corrected chi connectivity index (χ4v) is 1.67. The molecule has 1 aliphatic rings. The fraction of sp³-hybridized carbons (Fsp3) is 1.00. The number of aliphatic hydroxyl groups excluding tert-OH is 1. The zero-order valence-electron chi connectivity index (χ0n) is 7.90. The molecule has 0 spiro atoms. The molecule has 1 aliphatic heterocycles. The highest BCUT2D eigenvalue weighted by atomic mass is 19.4. The largest absolute Gasteiger partial charge is 0.401 e. The lowest BCUT2D eigenvalue weighted by molar-refractivity contribution is -0.177. The van der Waals surface area contributed by atoms with Crippen LogP contribution in [-0.2, 0) is 0 Å². The van der Waals surface area contributed by atoms with Crippen molar-refractivity contribution >= 4 is 0 Å². The van der Waals surface area contributed by atoms with Gasteiger partial charge in [0.15, 0.2) is 0 Å². The molecule has 2 nitrogen and oxygen atoms in total. The zero-order chi connectivity index (χ0) is 11.7. The average Bonchev–Trinajstić information content (AvgIpc) is 1.99. The minimum Gasteiger partial charge on any atom is -0.396 e. The Labute approximate surface area is 83.7 Å². The van der Waals surface area contributed by atoms with Crippen LogP contribution in [0.1, 0.15) is 6.42 Å². The summed E-state index contributed by atoms with van der Waals surface area (Å²) in [7, 11) is 0. The average molecular weight is 233 g/mol. The predicted molar refractivity (Wildman–Crippen MR) is 42.6 cm³/mol. The second kappa shape index (κ2) is 4.21. The van der Waals surface area contributed by atoms with Gasteiger partial charge >= 0.3 is 6.18 Å². The summed E-state index contributed by atoms with van der Waals surface area (Å²) in [4.78, 5) is 0.673. The van der Waals surface area contributed by atoms with Gasteiger partial charge in [0.2, 0.25) is 0 Å². The van der Waals surface area contributed by atoms with Crippen LogP contribution in [0.25, 0.3) is 0 Å². The third-order valence-corrected chi connectivity index (χ3v) is 2.45. The summed E-state index contributed by atoms with van der Waals surface area (Å²) in [5.41, 5.74) is 0. The van der Waals surface area contributed by atoms with Gasteiger partial charge in [-0.1, -0.05) is 0 Å². The predicted octanol–water partition coefficient (Wildman–Crippen LogP) is 1.50. The van der Waals surface area contributed by atoms with Gasteiger partial charge in [-0.3, -0.25) is 4.90 Å². The van der Waals surface area contributed by atoms with Gasteiger partial charge in [-0.05, 0) is 13.0 Å². The van der Waals surface area contributed by atoms with Crippen molar-refractivity contribution in [1.29, 1.82) is 0 Å². The first-order valence-electron chi connectivity index (χ1n) is 4.52. The summed E-state index contributed by atoms with van der Waals surface area (Å²) in [6, 6.07) is 0. The van der Waals surface area contributed by atoms with Crippen LogP contribution in [0, 0.1) is 5.92 Å². The molecule has 0 amide bonds. The van der Waals surface area contributed by atoms with Gasteiger partial charge in [0.05, 0.1) is 19.7 Å². The van der Waals surface area contributed by atoms with Crippen LogP contribution in [0.3, 0.4) is 0 Å². The molecule has 1 unspecified atom stereocenters. The Morgan fingerprint density at radius 3 is 2.33 bits per heavy atom. The molecule has 1 atom stereocenters. The lowest BCUT2D eigenvalue weighted by Crippen LogP contribution is -2.51. The van der Waals surface area contributed by atoms with E-state index < -0.39 is 37.7 Å². The first-order chi connectivity index (χ1) is 6.74. The third kappa shape index (κ3) is 3.57. The van der Waals surface area contributed by atoms with E-state index >= 15 is 0 Å². The molecule has 0 aromatic heterocycles. The van der Waals surface area contributed by atoms with Crippen molar-refractivity contribution < 1.29 is 27.1 Å². The van der Waals surface area contributed by atoms with E-state index in [0.717, 1.165) is 0 Å². The summed E-state index contributed by atoms with van der Waals surface area (Å²) in [5, 5.41) is 8.62. The molecule has 0 saturated carbocycles. The number of hydrogen-bond donors (Lipinski definition) is 1. The number of nitrogens with zero attached hydrogens (tertiary/aromatic N) is 1. The van der Waals surface area contributed by atoms with E-state index in [9.17, 15) is 22.0 Å².